The van der Waals surface area contributed by atoms with Gasteiger partial charge in [0.1, 0.15) is 11.8 Å². The molecule has 1 fully saturated rings. The first-order chi connectivity index (χ1) is 12.1. The Morgan fingerprint density at radius 3 is 2.33 bits per heavy atom. The van der Waals surface area contributed by atoms with E-state index in [1.165, 1.54) is 4.90 Å². The number of carbonyl (C=O) groups excluding carboxylic acids is 1. The Kier molecular flexibility index (Phi) is 5.76. The van der Waals surface area contributed by atoms with Gasteiger partial charge >= 0.3 is 12.0 Å². The summed E-state index contributed by atoms with van der Waals surface area (Å²) in [7, 11) is 0. The van der Waals surface area contributed by atoms with Gasteiger partial charge in [-0.05, 0) is 48.5 Å². The van der Waals surface area contributed by atoms with Gasteiger partial charge in [0.05, 0.1) is 30.5 Å². The monoisotopic (exact) mass is 384 g/mol. The first kappa shape index (κ1) is 21.8. The number of hydrogen-bond acceptors (Lipinski definition) is 5. The zero-order chi connectivity index (χ0) is 20.8. The minimum Gasteiger partial charge on any atom is -0.477 e. The predicted molar refractivity (Wildman–Crippen MR) is 99.9 cm³/mol. The van der Waals surface area contributed by atoms with Gasteiger partial charge in [0.25, 0.3) is 0 Å². The molecule has 2 heterocycles. The van der Waals surface area contributed by atoms with Crippen LogP contribution in [0, 0.1) is 5.92 Å². The fourth-order valence-corrected chi connectivity index (χ4v) is 3.36. The molecule has 2 aliphatic rings. The average molecular weight is 384 g/mol. The van der Waals surface area contributed by atoms with E-state index in [1.54, 1.807) is 6.92 Å². The smallest absolute Gasteiger partial charge is 0.352 e. The first-order valence-corrected chi connectivity index (χ1v) is 9.26. The third kappa shape index (κ3) is 4.86. The van der Waals surface area contributed by atoms with Crippen molar-refractivity contribution in [3.05, 3.63) is 0 Å². The van der Waals surface area contributed by atoms with Gasteiger partial charge in [0.15, 0.2) is 5.71 Å². The molecule has 0 saturated carbocycles. The van der Waals surface area contributed by atoms with E-state index >= 15 is 0 Å². The number of rotatable bonds is 5. The molecule has 1 N–H and O–H groups in total. The largest absolute Gasteiger partial charge is 0.477 e. The number of carboxylic acids is 1. The van der Waals surface area contributed by atoms with Crippen LogP contribution < -0.4 is 0 Å². The molecule has 0 bridgehead atoms. The summed E-state index contributed by atoms with van der Waals surface area (Å²) in [5.41, 5.74) is -1.98. The number of aliphatic carboxylic acids is 1. The fourth-order valence-electron chi connectivity index (χ4n) is 3.36. The third-order valence-corrected chi connectivity index (χ3v) is 4.82. The van der Waals surface area contributed by atoms with E-state index in [-0.39, 0.29) is 29.9 Å². The number of ether oxygens (including phenoxy) is 3. The number of carbonyl (C=O) groups is 2. The maximum absolute atomic E-state index is 12.4. The quantitative estimate of drug-likeness (QED) is 0.783. The maximum Gasteiger partial charge on any atom is 0.352 e. The van der Waals surface area contributed by atoms with Crippen molar-refractivity contribution in [2.75, 3.05) is 13.2 Å². The molecule has 154 valence electrons. The van der Waals surface area contributed by atoms with Crippen molar-refractivity contribution < 1.29 is 28.9 Å². The van der Waals surface area contributed by atoms with Crippen molar-refractivity contribution >= 4 is 17.7 Å². The Bertz CT molecular complexity index is 633. The number of urea groups is 1. The summed E-state index contributed by atoms with van der Waals surface area (Å²) in [6.07, 6.45) is -0.718. The average Bonchev–Trinajstić information content (AvgIpc) is 2.98. The van der Waals surface area contributed by atoms with Crippen LogP contribution in [0.1, 0.15) is 55.4 Å². The molecule has 8 heteroatoms. The van der Waals surface area contributed by atoms with Gasteiger partial charge in [-0.1, -0.05) is 6.92 Å². The Morgan fingerprint density at radius 1 is 1.30 bits per heavy atom. The number of nitrogens with zero attached hydrogens (tertiary/aromatic N) is 2. The minimum atomic E-state index is -1.20. The molecule has 2 aliphatic heterocycles. The van der Waals surface area contributed by atoms with E-state index in [4.69, 9.17) is 14.2 Å². The van der Waals surface area contributed by atoms with Gasteiger partial charge in [-0.15, -0.1) is 0 Å². The Morgan fingerprint density at radius 2 is 1.89 bits per heavy atom. The highest BCUT2D eigenvalue weighted by Gasteiger charge is 2.57. The maximum atomic E-state index is 12.4. The zero-order valence-corrected chi connectivity index (χ0v) is 17.5. The zero-order valence-electron chi connectivity index (χ0n) is 17.5. The third-order valence-electron chi connectivity index (χ3n) is 4.82. The lowest BCUT2D eigenvalue weighted by atomic mass is 9.92. The van der Waals surface area contributed by atoms with E-state index in [2.05, 4.69) is 4.99 Å². The summed E-state index contributed by atoms with van der Waals surface area (Å²) in [6, 6.07) is -0.603. The molecule has 27 heavy (non-hydrogen) atoms. The molecule has 1 saturated heterocycles. The van der Waals surface area contributed by atoms with Gasteiger partial charge < -0.3 is 19.3 Å². The Hall–Kier alpha value is -1.51. The van der Waals surface area contributed by atoms with Crippen molar-refractivity contribution in [2.24, 2.45) is 10.9 Å². The highest BCUT2D eigenvalue weighted by atomic mass is 16.6. The molecule has 4 atom stereocenters. The molecule has 0 aromatic carbocycles. The van der Waals surface area contributed by atoms with Crippen molar-refractivity contribution in [1.29, 1.82) is 0 Å². The minimum absolute atomic E-state index is 0.0932. The molecule has 0 aliphatic carbocycles. The molecular weight excluding hydrogens is 352 g/mol. The molecule has 8 nitrogen and oxygen atoms in total. The number of carboxylic acid groups (broad SMARTS) is 1. The van der Waals surface area contributed by atoms with Crippen LogP contribution in [0.3, 0.4) is 0 Å². The molecule has 2 amide bonds. The summed E-state index contributed by atoms with van der Waals surface area (Å²) in [4.78, 5) is 28.6. The highest BCUT2D eigenvalue weighted by molar-refractivity contribution is 6.39. The lowest BCUT2D eigenvalue weighted by Gasteiger charge is -2.38. The van der Waals surface area contributed by atoms with Crippen LogP contribution in [0.2, 0.25) is 0 Å². The Labute approximate surface area is 160 Å². The lowest BCUT2D eigenvalue weighted by Crippen LogP contribution is -2.52. The number of amides is 2. The van der Waals surface area contributed by atoms with Gasteiger partial charge in [0, 0.05) is 5.92 Å². The molecule has 0 unspecified atom stereocenters. The number of aliphatic imine (C=N–C) groups is 1. The SMILES string of the molecule is C[C@@H]1[C@H](OC(C)(C)C)[C@@H](COC(C)(C)C)O[C@@]1(C)N1CC(C(=O)O)=NC1=O. The van der Waals surface area contributed by atoms with Crippen LogP contribution in [0.15, 0.2) is 4.99 Å². The van der Waals surface area contributed by atoms with Crippen molar-refractivity contribution in [3.63, 3.8) is 0 Å². The van der Waals surface area contributed by atoms with E-state index < -0.39 is 29.4 Å². The Balaban J connectivity index is 2.27. The second-order valence-corrected chi connectivity index (χ2v) is 9.35. The second kappa shape index (κ2) is 7.14. The van der Waals surface area contributed by atoms with E-state index in [9.17, 15) is 14.7 Å². The molecule has 0 aromatic heterocycles. The van der Waals surface area contributed by atoms with Crippen LogP contribution >= 0.6 is 0 Å². The van der Waals surface area contributed by atoms with Crippen molar-refractivity contribution in [3.8, 4) is 0 Å². The van der Waals surface area contributed by atoms with Crippen LogP contribution in [-0.2, 0) is 19.0 Å². The number of hydrogen-bond donors (Lipinski definition) is 1. The van der Waals surface area contributed by atoms with Crippen LogP contribution in [0.5, 0.6) is 0 Å². The first-order valence-electron chi connectivity index (χ1n) is 9.26. The molecule has 2 rings (SSSR count). The predicted octanol–water partition coefficient (Wildman–Crippen LogP) is 2.70. The van der Waals surface area contributed by atoms with Gasteiger partial charge in [-0.3, -0.25) is 4.90 Å². The standard InChI is InChI=1S/C19H32N2O6/c1-11-14(27-18(5,6)7)13(10-25-17(2,3)4)26-19(11,8)21-9-12(15(22)23)20-16(21)24/h11,13-14H,9-10H2,1-8H3,(H,22,23)/t11-,13-,14+,19-/m1/s1. The van der Waals surface area contributed by atoms with Crippen LogP contribution in [-0.4, -0.2) is 70.0 Å². The van der Waals surface area contributed by atoms with Gasteiger partial charge in [0.2, 0.25) is 0 Å². The summed E-state index contributed by atoms with van der Waals surface area (Å²) in [5.74, 6) is -1.41. The fraction of sp³-hybridized carbons (Fsp3) is 0.842. The normalized spacial score (nSPS) is 32.1. The van der Waals surface area contributed by atoms with Crippen molar-refractivity contribution in [2.45, 2.75) is 84.5 Å². The summed E-state index contributed by atoms with van der Waals surface area (Å²) in [5, 5.41) is 9.18. The van der Waals surface area contributed by atoms with Gasteiger partial charge in [-0.2, -0.15) is 4.99 Å². The summed E-state index contributed by atoms with van der Waals surface area (Å²) < 4.78 is 18.5. The topological polar surface area (TPSA) is 97.7 Å². The highest BCUT2D eigenvalue weighted by Crippen LogP contribution is 2.43. The van der Waals surface area contributed by atoms with E-state index in [1.807, 2.05) is 48.5 Å². The molecular formula is C19H32N2O6. The summed E-state index contributed by atoms with van der Waals surface area (Å²) in [6.45, 7) is 15.7. The van der Waals surface area contributed by atoms with Crippen molar-refractivity contribution in [1.82, 2.24) is 4.90 Å². The van der Waals surface area contributed by atoms with E-state index in [0.29, 0.717) is 6.61 Å². The van der Waals surface area contributed by atoms with Gasteiger partial charge in [-0.25, -0.2) is 9.59 Å². The molecule has 0 aromatic rings. The lowest BCUT2D eigenvalue weighted by molar-refractivity contribution is -0.158. The molecule has 0 spiro atoms. The van der Waals surface area contributed by atoms with Crippen LogP contribution in [0.25, 0.3) is 0 Å². The molecule has 0 radical (unpaired) electrons. The van der Waals surface area contributed by atoms with Crippen LogP contribution in [0.4, 0.5) is 4.79 Å². The summed E-state index contributed by atoms with van der Waals surface area (Å²) >= 11 is 0. The second-order valence-electron chi connectivity index (χ2n) is 9.35. The van der Waals surface area contributed by atoms with E-state index in [0.717, 1.165) is 0 Å².